The molecule has 0 radical (unpaired) electrons. The Morgan fingerprint density at radius 3 is 2.85 bits per heavy atom. The van der Waals surface area contributed by atoms with Gasteiger partial charge in [0, 0.05) is 29.0 Å². The summed E-state index contributed by atoms with van der Waals surface area (Å²) in [6.45, 7) is 5.63. The van der Waals surface area contributed by atoms with Crippen molar-refractivity contribution in [2.75, 3.05) is 13.2 Å². The van der Waals surface area contributed by atoms with Crippen LogP contribution in [-0.2, 0) is 4.74 Å². The van der Waals surface area contributed by atoms with E-state index in [1.807, 2.05) is 6.92 Å². The molecule has 0 saturated carbocycles. The minimum atomic E-state index is 0.144. The van der Waals surface area contributed by atoms with Gasteiger partial charge in [-0.25, -0.2) is 0 Å². The highest BCUT2D eigenvalue weighted by Gasteiger charge is 2.07. The zero-order valence-electron chi connectivity index (χ0n) is 8.25. The van der Waals surface area contributed by atoms with Crippen molar-refractivity contribution in [3.63, 3.8) is 0 Å². The lowest BCUT2D eigenvalue weighted by Gasteiger charge is -2.08. The van der Waals surface area contributed by atoms with Crippen LogP contribution in [0.4, 0.5) is 0 Å². The summed E-state index contributed by atoms with van der Waals surface area (Å²) in [5.41, 5.74) is 5.98. The molecule has 1 rings (SSSR count). The molecule has 0 aliphatic carbocycles. The van der Waals surface area contributed by atoms with Crippen LogP contribution in [0.1, 0.15) is 29.1 Å². The third-order valence-corrected chi connectivity index (χ3v) is 3.04. The van der Waals surface area contributed by atoms with Crippen molar-refractivity contribution in [3.05, 3.63) is 21.9 Å². The molecular formula is C10H17NOS. The van der Waals surface area contributed by atoms with Gasteiger partial charge in [0.05, 0.1) is 0 Å². The van der Waals surface area contributed by atoms with Crippen LogP contribution in [0.2, 0.25) is 0 Å². The second-order valence-corrected chi connectivity index (χ2v) is 4.36. The van der Waals surface area contributed by atoms with Gasteiger partial charge in [-0.2, -0.15) is 0 Å². The molecule has 0 bridgehead atoms. The first kappa shape index (κ1) is 10.7. The Morgan fingerprint density at radius 1 is 1.54 bits per heavy atom. The van der Waals surface area contributed by atoms with E-state index in [0.717, 1.165) is 19.6 Å². The molecule has 0 aliphatic heterocycles. The van der Waals surface area contributed by atoms with Crippen LogP contribution in [0.25, 0.3) is 0 Å². The Kier molecular flexibility index (Phi) is 4.42. The molecule has 0 spiro atoms. The van der Waals surface area contributed by atoms with Gasteiger partial charge < -0.3 is 10.5 Å². The zero-order valence-corrected chi connectivity index (χ0v) is 9.06. The summed E-state index contributed by atoms with van der Waals surface area (Å²) in [5.74, 6) is 0. The van der Waals surface area contributed by atoms with Gasteiger partial charge in [0.1, 0.15) is 0 Å². The highest BCUT2D eigenvalue weighted by molar-refractivity contribution is 7.12. The largest absolute Gasteiger partial charge is 0.382 e. The van der Waals surface area contributed by atoms with Gasteiger partial charge in [0.25, 0.3) is 0 Å². The van der Waals surface area contributed by atoms with Crippen LogP contribution in [0, 0.1) is 6.92 Å². The van der Waals surface area contributed by atoms with E-state index in [1.54, 1.807) is 11.3 Å². The lowest BCUT2D eigenvalue weighted by atomic mass is 10.2. The SMILES string of the molecule is CCOCCC(N)c1ccc(C)s1. The topological polar surface area (TPSA) is 35.2 Å². The van der Waals surface area contributed by atoms with Crippen LogP contribution in [0.3, 0.4) is 0 Å². The quantitative estimate of drug-likeness (QED) is 0.739. The molecular weight excluding hydrogens is 182 g/mol. The zero-order chi connectivity index (χ0) is 9.68. The molecule has 0 saturated heterocycles. The van der Waals surface area contributed by atoms with Gasteiger partial charge >= 0.3 is 0 Å². The number of aryl methyl sites for hydroxylation is 1. The van der Waals surface area contributed by atoms with E-state index in [1.165, 1.54) is 9.75 Å². The van der Waals surface area contributed by atoms with E-state index in [4.69, 9.17) is 10.5 Å². The summed E-state index contributed by atoms with van der Waals surface area (Å²) in [4.78, 5) is 2.58. The Morgan fingerprint density at radius 2 is 2.31 bits per heavy atom. The molecule has 0 aliphatic rings. The third kappa shape index (κ3) is 3.46. The van der Waals surface area contributed by atoms with Crippen molar-refractivity contribution in [2.45, 2.75) is 26.3 Å². The number of thiophene rings is 1. The van der Waals surface area contributed by atoms with Crippen LogP contribution in [-0.4, -0.2) is 13.2 Å². The summed E-state index contributed by atoms with van der Waals surface area (Å²) in [7, 11) is 0. The van der Waals surface area contributed by atoms with Gasteiger partial charge in [0.2, 0.25) is 0 Å². The van der Waals surface area contributed by atoms with E-state index in [-0.39, 0.29) is 6.04 Å². The van der Waals surface area contributed by atoms with Gasteiger partial charge in [-0.15, -0.1) is 11.3 Å². The summed E-state index contributed by atoms with van der Waals surface area (Å²) in [5, 5.41) is 0. The molecule has 2 nitrogen and oxygen atoms in total. The standard InChI is InChI=1S/C10H17NOS/c1-3-12-7-6-9(11)10-5-4-8(2)13-10/h4-5,9H,3,6-7,11H2,1-2H3. The first-order valence-corrected chi connectivity index (χ1v) is 5.45. The van der Waals surface area contributed by atoms with Gasteiger partial charge in [0.15, 0.2) is 0 Å². The van der Waals surface area contributed by atoms with Crippen molar-refractivity contribution >= 4 is 11.3 Å². The minimum absolute atomic E-state index is 0.144. The van der Waals surface area contributed by atoms with Crippen LogP contribution in [0.15, 0.2) is 12.1 Å². The Hall–Kier alpha value is -0.380. The molecule has 0 aromatic carbocycles. The third-order valence-electron chi connectivity index (χ3n) is 1.90. The maximum absolute atomic E-state index is 5.98. The number of hydrogen-bond donors (Lipinski definition) is 1. The molecule has 74 valence electrons. The molecule has 0 amide bonds. The first-order valence-electron chi connectivity index (χ1n) is 4.63. The number of hydrogen-bond acceptors (Lipinski definition) is 3. The van der Waals surface area contributed by atoms with E-state index >= 15 is 0 Å². The van der Waals surface area contributed by atoms with Crippen molar-refractivity contribution in [1.29, 1.82) is 0 Å². The average molecular weight is 199 g/mol. The molecule has 1 heterocycles. The number of ether oxygens (including phenoxy) is 1. The predicted octanol–water partition coefficient (Wildman–Crippen LogP) is 2.48. The summed E-state index contributed by atoms with van der Waals surface area (Å²) in [6, 6.07) is 4.36. The molecule has 1 atom stereocenters. The van der Waals surface area contributed by atoms with Crippen molar-refractivity contribution in [1.82, 2.24) is 0 Å². The van der Waals surface area contributed by atoms with E-state index < -0.39 is 0 Å². The van der Waals surface area contributed by atoms with Crippen LogP contribution < -0.4 is 5.73 Å². The van der Waals surface area contributed by atoms with Crippen LogP contribution >= 0.6 is 11.3 Å². The fourth-order valence-corrected chi connectivity index (χ4v) is 2.06. The van der Waals surface area contributed by atoms with Crippen molar-refractivity contribution < 1.29 is 4.74 Å². The van der Waals surface area contributed by atoms with Crippen molar-refractivity contribution in [2.24, 2.45) is 5.73 Å². The lowest BCUT2D eigenvalue weighted by Crippen LogP contribution is -2.11. The maximum Gasteiger partial charge on any atom is 0.0484 e. The molecule has 1 unspecified atom stereocenters. The second-order valence-electron chi connectivity index (χ2n) is 3.04. The second kappa shape index (κ2) is 5.37. The van der Waals surface area contributed by atoms with Gasteiger partial charge in [-0.05, 0) is 32.4 Å². The smallest absolute Gasteiger partial charge is 0.0484 e. The van der Waals surface area contributed by atoms with Gasteiger partial charge in [-0.3, -0.25) is 0 Å². The fraction of sp³-hybridized carbons (Fsp3) is 0.600. The highest BCUT2D eigenvalue weighted by Crippen LogP contribution is 2.22. The summed E-state index contributed by atoms with van der Waals surface area (Å²) >= 11 is 1.77. The summed E-state index contributed by atoms with van der Waals surface area (Å²) < 4.78 is 5.26. The summed E-state index contributed by atoms with van der Waals surface area (Å²) in [6.07, 6.45) is 0.911. The number of nitrogens with two attached hydrogens (primary N) is 1. The average Bonchev–Trinajstić information content (AvgIpc) is 2.52. The molecule has 3 heteroatoms. The molecule has 1 aromatic rings. The van der Waals surface area contributed by atoms with Crippen molar-refractivity contribution in [3.8, 4) is 0 Å². The lowest BCUT2D eigenvalue weighted by molar-refractivity contribution is 0.140. The Balaban J connectivity index is 2.35. The fourth-order valence-electron chi connectivity index (χ4n) is 1.15. The normalized spacial score (nSPS) is 13.2. The van der Waals surface area contributed by atoms with Crippen LogP contribution in [0.5, 0.6) is 0 Å². The van der Waals surface area contributed by atoms with Gasteiger partial charge in [-0.1, -0.05) is 0 Å². The maximum atomic E-state index is 5.98. The monoisotopic (exact) mass is 199 g/mol. The molecule has 1 aromatic heterocycles. The number of rotatable bonds is 5. The molecule has 13 heavy (non-hydrogen) atoms. The van der Waals surface area contributed by atoms with E-state index in [9.17, 15) is 0 Å². The first-order chi connectivity index (χ1) is 6.24. The molecule has 2 N–H and O–H groups in total. The molecule has 0 fully saturated rings. The Bertz CT molecular complexity index is 247. The Labute approximate surface area is 83.7 Å². The van der Waals surface area contributed by atoms with E-state index in [2.05, 4.69) is 19.1 Å². The highest BCUT2D eigenvalue weighted by atomic mass is 32.1. The van der Waals surface area contributed by atoms with E-state index in [0.29, 0.717) is 0 Å². The minimum Gasteiger partial charge on any atom is -0.382 e. The predicted molar refractivity (Wildman–Crippen MR) is 57.1 cm³/mol.